The van der Waals surface area contributed by atoms with E-state index >= 15 is 0 Å². The van der Waals surface area contributed by atoms with Crippen molar-refractivity contribution in [1.82, 2.24) is 4.31 Å². The highest BCUT2D eigenvalue weighted by atomic mass is 35.5. The van der Waals surface area contributed by atoms with Gasteiger partial charge in [-0.25, -0.2) is 8.42 Å². The van der Waals surface area contributed by atoms with E-state index in [9.17, 15) is 13.2 Å². The Labute approximate surface area is 134 Å². The van der Waals surface area contributed by atoms with Gasteiger partial charge < -0.3 is 11.5 Å². The number of sulfonamides is 1. The van der Waals surface area contributed by atoms with Crippen LogP contribution in [0.4, 0.5) is 0 Å². The quantitative estimate of drug-likeness (QED) is 0.624. The lowest BCUT2D eigenvalue weighted by Crippen LogP contribution is -2.35. The van der Waals surface area contributed by atoms with E-state index in [1.165, 1.54) is 22.5 Å². The molecule has 0 radical (unpaired) electrons. The Hall–Kier alpha value is -1.64. The number of aliphatic imine (C=N–C) groups is 1. The summed E-state index contributed by atoms with van der Waals surface area (Å²) in [5.74, 6) is -1.19. The van der Waals surface area contributed by atoms with Gasteiger partial charge in [0.05, 0.1) is 15.5 Å². The van der Waals surface area contributed by atoms with E-state index < -0.39 is 21.9 Å². The molecule has 1 aliphatic heterocycles. The minimum Gasteiger partial charge on any atom is -0.370 e. The smallest absolute Gasteiger partial charge is 0.281 e. The Balaban J connectivity index is 2.40. The zero-order valence-electron chi connectivity index (χ0n) is 11.8. The maximum absolute atomic E-state index is 12.6. The Morgan fingerprint density at radius 1 is 1.18 bits per heavy atom. The molecule has 0 unspecified atom stereocenters. The summed E-state index contributed by atoms with van der Waals surface area (Å²) < 4.78 is 26.6. The Morgan fingerprint density at radius 2 is 1.82 bits per heavy atom. The van der Waals surface area contributed by atoms with Gasteiger partial charge in [0.1, 0.15) is 0 Å². The molecule has 0 saturated carbocycles. The third kappa shape index (κ3) is 3.57. The molecule has 1 amide bonds. The molecule has 1 aromatic rings. The maximum Gasteiger partial charge on any atom is 0.281 e. The first-order valence-electron chi connectivity index (χ1n) is 6.76. The van der Waals surface area contributed by atoms with Crippen LogP contribution in [0.2, 0.25) is 5.02 Å². The van der Waals surface area contributed by atoms with Crippen LogP contribution < -0.4 is 11.5 Å². The molecule has 22 heavy (non-hydrogen) atoms. The SMILES string of the molecule is NC(N)=NC(=O)c1cc(S(=O)(=O)N2CCCCC2)ccc1Cl. The third-order valence-corrected chi connectivity index (χ3v) is 5.58. The first-order valence-corrected chi connectivity index (χ1v) is 8.58. The average Bonchev–Trinajstić information content (AvgIpc) is 2.47. The Bertz CT molecular complexity index is 708. The number of hydrogen-bond donors (Lipinski definition) is 2. The molecule has 1 aromatic carbocycles. The zero-order chi connectivity index (χ0) is 16.3. The van der Waals surface area contributed by atoms with E-state index in [0.29, 0.717) is 13.1 Å². The maximum atomic E-state index is 12.6. The van der Waals surface area contributed by atoms with Crippen molar-refractivity contribution in [2.45, 2.75) is 24.2 Å². The highest BCUT2D eigenvalue weighted by Crippen LogP contribution is 2.25. The van der Waals surface area contributed by atoms with Crippen molar-refractivity contribution >= 4 is 33.5 Å². The fourth-order valence-corrected chi connectivity index (χ4v) is 4.00. The minimum absolute atomic E-state index is 0.00735. The van der Waals surface area contributed by atoms with Crippen LogP contribution in [0.5, 0.6) is 0 Å². The number of hydrogen-bond acceptors (Lipinski definition) is 3. The van der Waals surface area contributed by atoms with Crippen LogP contribution in [0.25, 0.3) is 0 Å². The molecule has 120 valence electrons. The number of carbonyl (C=O) groups is 1. The van der Waals surface area contributed by atoms with Crippen LogP contribution >= 0.6 is 11.6 Å². The van der Waals surface area contributed by atoms with Gasteiger partial charge in [-0.15, -0.1) is 0 Å². The lowest BCUT2D eigenvalue weighted by atomic mass is 10.2. The summed E-state index contributed by atoms with van der Waals surface area (Å²) in [4.78, 5) is 15.3. The number of benzene rings is 1. The van der Waals surface area contributed by atoms with Crippen LogP contribution in [0.1, 0.15) is 29.6 Å². The van der Waals surface area contributed by atoms with E-state index in [0.717, 1.165) is 19.3 Å². The molecular formula is C13H17ClN4O3S. The van der Waals surface area contributed by atoms with Crippen molar-refractivity contribution in [1.29, 1.82) is 0 Å². The van der Waals surface area contributed by atoms with E-state index in [1.807, 2.05) is 0 Å². The largest absolute Gasteiger partial charge is 0.370 e. The van der Waals surface area contributed by atoms with Crippen molar-refractivity contribution in [3.63, 3.8) is 0 Å². The molecule has 1 aliphatic rings. The predicted molar refractivity (Wildman–Crippen MR) is 84.2 cm³/mol. The van der Waals surface area contributed by atoms with E-state index in [2.05, 4.69) is 4.99 Å². The number of nitrogens with two attached hydrogens (primary N) is 2. The lowest BCUT2D eigenvalue weighted by molar-refractivity contribution is 0.100. The van der Waals surface area contributed by atoms with Crippen molar-refractivity contribution in [2.24, 2.45) is 16.5 Å². The van der Waals surface area contributed by atoms with Gasteiger partial charge in [-0.3, -0.25) is 4.79 Å². The van der Waals surface area contributed by atoms with E-state index in [4.69, 9.17) is 23.1 Å². The van der Waals surface area contributed by atoms with Gasteiger partial charge in [-0.1, -0.05) is 18.0 Å². The van der Waals surface area contributed by atoms with Gasteiger partial charge in [0.15, 0.2) is 5.96 Å². The summed E-state index contributed by atoms with van der Waals surface area (Å²) in [5.41, 5.74) is 10.3. The summed E-state index contributed by atoms with van der Waals surface area (Å²) in [6.45, 7) is 0.949. The van der Waals surface area contributed by atoms with E-state index in [1.54, 1.807) is 0 Å². The zero-order valence-corrected chi connectivity index (χ0v) is 13.4. The molecule has 0 bridgehead atoms. The standard InChI is InChI=1S/C13H17ClN4O3S/c14-11-5-4-9(8-10(11)12(19)17-13(15)16)22(20,21)18-6-2-1-3-7-18/h4-5,8H,1-3,6-7H2,(H4,15,16,17,19). The molecule has 0 spiro atoms. The van der Waals surface area contributed by atoms with Gasteiger partial charge >= 0.3 is 0 Å². The molecule has 1 fully saturated rings. The van der Waals surface area contributed by atoms with E-state index in [-0.39, 0.29) is 15.5 Å². The van der Waals surface area contributed by atoms with Crippen molar-refractivity contribution in [3.8, 4) is 0 Å². The van der Waals surface area contributed by atoms with Crippen LogP contribution in [0, 0.1) is 0 Å². The molecule has 0 aromatic heterocycles. The van der Waals surface area contributed by atoms with Crippen LogP contribution in [-0.4, -0.2) is 37.7 Å². The summed E-state index contributed by atoms with van der Waals surface area (Å²) in [6.07, 6.45) is 2.67. The molecular weight excluding hydrogens is 328 g/mol. The minimum atomic E-state index is -3.65. The summed E-state index contributed by atoms with van der Waals surface area (Å²) in [5, 5.41) is 0.0904. The second kappa shape index (κ2) is 6.64. The summed E-state index contributed by atoms with van der Waals surface area (Å²) >= 11 is 5.93. The molecule has 2 rings (SSSR count). The second-order valence-electron chi connectivity index (χ2n) is 4.95. The fraction of sp³-hybridized carbons (Fsp3) is 0.385. The molecule has 0 atom stereocenters. The number of nitrogens with zero attached hydrogens (tertiary/aromatic N) is 2. The third-order valence-electron chi connectivity index (χ3n) is 3.35. The number of guanidine groups is 1. The van der Waals surface area contributed by atoms with Crippen molar-refractivity contribution in [2.75, 3.05) is 13.1 Å². The number of amides is 1. The number of carbonyl (C=O) groups excluding carboxylic acids is 1. The molecule has 4 N–H and O–H groups in total. The van der Waals surface area contributed by atoms with Gasteiger partial charge in [0.2, 0.25) is 10.0 Å². The van der Waals surface area contributed by atoms with Crippen molar-refractivity contribution in [3.05, 3.63) is 28.8 Å². The number of piperidine rings is 1. The first-order chi connectivity index (χ1) is 10.3. The van der Waals surface area contributed by atoms with Gasteiger partial charge in [-0.2, -0.15) is 9.30 Å². The van der Waals surface area contributed by atoms with Crippen LogP contribution in [0.15, 0.2) is 28.1 Å². The molecule has 1 heterocycles. The average molecular weight is 345 g/mol. The normalized spacial score (nSPS) is 16.2. The van der Waals surface area contributed by atoms with Crippen LogP contribution in [0.3, 0.4) is 0 Å². The Kier molecular flexibility index (Phi) is 5.05. The number of halogens is 1. The molecule has 7 nitrogen and oxygen atoms in total. The van der Waals surface area contributed by atoms with Gasteiger partial charge in [0, 0.05) is 13.1 Å². The first kappa shape index (κ1) is 16.7. The Morgan fingerprint density at radius 3 is 2.41 bits per heavy atom. The highest BCUT2D eigenvalue weighted by molar-refractivity contribution is 7.89. The number of rotatable bonds is 3. The fourth-order valence-electron chi connectivity index (χ4n) is 2.26. The monoisotopic (exact) mass is 344 g/mol. The highest BCUT2D eigenvalue weighted by Gasteiger charge is 2.27. The topological polar surface area (TPSA) is 119 Å². The molecule has 9 heteroatoms. The summed E-state index contributed by atoms with van der Waals surface area (Å²) in [7, 11) is -3.65. The molecule has 1 saturated heterocycles. The lowest BCUT2D eigenvalue weighted by Gasteiger charge is -2.26. The van der Waals surface area contributed by atoms with Gasteiger partial charge in [-0.05, 0) is 31.0 Å². The summed E-state index contributed by atoms with van der Waals surface area (Å²) in [6, 6.07) is 3.94. The molecule has 0 aliphatic carbocycles. The van der Waals surface area contributed by atoms with Crippen LogP contribution in [-0.2, 0) is 10.0 Å². The predicted octanol–water partition coefficient (Wildman–Crippen LogP) is 0.928. The second-order valence-corrected chi connectivity index (χ2v) is 7.29. The van der Waals surface area contributed by atoms with Gasteiger partial charge in [0.25, 0.3) is 5.91 Å². The van der Waals surface area contributed by atoms with Crippen molar-refractivity contribution < 1.29 is 13.2 Å².